The first-order chi connectivity index (χ1) is 14.9. The number of carbonyl (C=O) groups is 1. The van der Waals surface area contributed by atoms with Gasteiger partial charge < -0.3 is 10.6 Å². The van der Waals surface area contributed by atoms with Gasteiger partial charge in [-0.15, -0.1) is 11.3 Å². The second-order valence-electron chi connectivity index (χ2n) is 7.68. The van der Waals surface area contributed by atoms with Crippen molar-refractivity contribution in [3.63, 3.8) is 0 Å². The molecule has 1 fully saturated rings. The molecule has 7 nitrogen and oxygen atoms in total. The van der Waals surface area contributed by atoms with Crippen molar-refractivity contribution in [1.29, 1.82) is 0 Å². The van der Waals surface area contributed by atoms with Gasteiger partial charge in [0.25, 0.3) is 5.91 Å². The van der Waals surface area contributed by atoms with Crippen molar-refractivity contribution in [3.05, 3.63) is 71.0 Å². The fourth-order valence-corrected chi connectivity index (χ4v) is 6.64. The van der Waals surface area contributed by atoms with Gasteiger partial charge in [0.2, 0.25) is 0 Å². The highest BCUT2D eigenvalue weighted by molar-refractivity contribution is 7.91. The molecule has 0 aliphatic carbocycles. The Labute approximate surface area is 185 Å². The van der Waals surface area contributed by atoms with Gasteiger partial charge in [-0.3, -0.25) is 9.78 Å². The van der Waals surface area contributed by atoms with Crippen LogP contribution in [0.5, 0.6) is 0 Å². The topological polar surface area (TPSA) is 106 Å². The van der Waals surface area contributed by atoms with Gasteiger partial charge in [0.1, 0.15) is 5.69 Å². The summed E-state index contributed by atoms with van der Waals surface area (Å²) in [5.74, 6) is -0.463. The minimum absolute atomic E-state index is 0.000811. The summed E-state index contributed by atoms with van der Waals surface area (Å²) >= 11 is 1.43. The molecule has 0 unspecified atom stereocenters. The van der Waals surface area contributed by atoms with E-state index in [9.17, 15) is 13.2 Å². The fourth-order valence-electron chi connectivity index (χ4n) is 3.86. The number of anilines is 1. The van der Waals surface area contributed by atoms with Crippen LogP contribution in [0.2, 0.25) is 0 Å². The maximum atomic E-state index is 12.8. The van der Waals surface area contributed by atoms with Crippen LogP contribution >= 0.6 is 11.3 Å². The van der Waals surface area contributed by atoms with E-state index in [1.807, 2.05) is 24.3 Å². The molecule has 4 rings (SSSR count). The van der Waals surface area contributed by atoms with E-state index in [0.717, 1.165) is 30.0 Å². The van der Waals surface area contributed by atoms with Crippen molar-refractivity contribution < 1.29 is 13.2 Å². The summed E-state index contributed by atoms with van der Waals surface area (Å²) in [4.78, 5) is 24.0. The molecule has 9 heteroatoms. The standard InChI is InChI=1S/C22H24N4O3S2/c23-21(27)20-19(13-17-8-4-5-11-24-17)30-22(25-20)26-12-6-7-16(14-26)15-31(28,29)18-9-2-1-3-10-18/h1-5,8-11,16H,6-7,12-15H2,(H2,23,27)/t16-/m1/s1. The minimum atomic E-state index is -3.35. The zero-order valence-corrected chi connectivity index (χ0v) is 18.6. The highest BCUT2D eigenvalue weighted by Crippen LogP contribution is 2.32. The van der Waals surface area contributed by atoms with Gasteiger partial charge in [0.15, 0.2) is 15.0 Å². The predicted molar refractivity (Wildman–Crippen MR) is 121 cm³/mol. The van der Waals surface area contributed by atoms with Gasteiger partial charge in [-0.05, 0) is 43.0 Å². The van der Waals surface area contributed by atoms with Crippen molar-refractivity contribution in [2.45, 2.75) is 24.2 Å². The number of sulfone groups is 1. The average Bonchev–Trinajstić information content (AvgIpc) is 3.19. The molecule has 3 heterocycles. The Kier molecular flexibility index (Phi) is 6.33. The van der Waals surface area contributed by atoms with Gasteiger partial charge in [-0.2, -0.15) is 0 Å². The number of piperidine rings is 1. The first kappa shape index (κ1) is 21.5. The van der Waals surface area contributed by atoms with E-state index < -0.39 is 15.7 Å². The lowest BCUT2D eigenvalue weighted by molar-refractivity contribution is 0.0995. The lowest BCUT2D eigenvalue weighted by atomic mass is 10.0. The first-order valence-electron chi connectivity index (χ1n) is 10.1. The molecule has 1 amide bonds. The van der Waals surface area contributed by atoms with Crippen LogP contribution in [-0.2, 0) is 16.3 Å². The molecule has 1 saturated heterocycles. The summed E-state index contributed by atoms with van der Waals surface area (Å²) in [5.41, 5.74) is 6.68. The molecular formula is C22H24N4O3S2. The maximum Gasteiger partial charge on any atom is 0.268 e. The molecule has 162 valence electrons. The number of nitrogens with two attached hydrogens (primary N) is 1. The first-order valence-corrected chi connectivity index (χ1v) is 12.6. The molecule has 3 aromatic rings. The van der Waals surface area contributed by atoms with E-state index >= 15 is 0 Å². The number of nitrogens with zero attached hydrogens (tertiary/aromatic N) is 3. The van der Waals surface area contributed by atoms with Crippen molar-refractivity contribution in [3.8, 4) is 0 Å². The van der Waals surface area contributed by atoms with Crippen LogP contribution in [0.25, 0.3) is 0 Å². The summed E-state index contributed by atoms with van der Waals surface area (Å²) < 4.78 is 25.6. The molecule has 31 heavy (non-hydrogen) atoms. The molecule has 1 atom stereocenters. The van der Waals surface area contributed by atoms with Crippen LogP contribution in [0.15, 0.2) is 59.6 Å². The van der Waals surface area contributed by atoms with Crippen LogP contribution in [0.1, 0.15) is 33.9 Å². The number of amides is 1. The maximum absolute atomic E-state index is 12.8. The van der Waals surface area contributed by atoms with Gasteiger partial charge in [-0.25, -0.2) is 13.4 Å². The van der Waals surface area contributed by atoms with E-state index in [2.05, 4.69) is 14.9 Å². The number of primary amides is 1. The second kappa shape index (κ2) is 9.15. The molecular weight excluding hydrogens is 432 g/mol. The molecule has 0 spiro atoms. The Morgan fingerprint density at radius 1 is 1.16 bits per heavy atom. The highest BCUT2D eigenvalue weighted by Gasteiger charge is 2.28. The van der Waals surface area contributed by atoms with E-state index in [4.69, 9.17) is 5.73 Å². The van der Waals surface area contributed by atoms with E-state index in [-0.39, 0.29) is 17.4 Å². The fraction of sp³-hybridized carbons (Fsp3) is 0.318. The second-order valence-corrected chi connectivity index (χ2v) is 10.8. The third-order valence-electron chi connectivity index (χ3n) is 5.33. The highest BCUT2D eigenvalue weighted by atomic mass is 32.2. The summed E-state index contributed by atoms with van der Waals surface area (Å²) in [6.45, 7) is 1.36. The number of aromatic nitrogens is 2. The van der Waals surface area contributed by atoms with Crippen molar-refractivity contribution in [2.24, 2.45) is 11.7 Å². The zero-order chi connectivity index (χ0) is 21.8. The summed E-state index contributed by atoms with van der Waals surface area (Å²) in [5, 5.41) is 0.710. The van der Waals surface area contributed by atoms with Gasteiger partial charge in [0, 0.05) is 36.3 Å². The molecule has 1 aliphatic rings. The Morgan fingerprint density at radius 2 is 1.94 bits per heavy atom. The number of rotatable bonds is 7. The molecule has 0 radical (unpaired) electrons. The number of pyridine rings is 1. The van der Waals surface area contributed by atoms with Crippen molar-refractivity contribution >= 4 is 32.2 Å². The Balaban J connectivity index is 1.51. The quantitative estimate of drug-likeness (QED) is 0.586. The van der Waals surface area contributed by atoms with Crippen molar-refractivity contribution in [1.82, 2.24) is 9.97 Å². The van der Waals surface area contributed by atoms with Crippen molar-refractivity contribution in [2.75, 3.05) is 23.7 Å². The monoisotopic (exact) mass is 456 g/mol. The Hall–Kier alpha value is -2.78. The third kappa shape index (κ3) is 5.11. The lowest BCUT2D eigenvalue weighted by Gasteiger charge is -2.32. The van der Waals surface area contributed by atoms with Gasteiger partial charge >= 0.3 is 0 Å². The van der Waals surface area contributed by atoms with Crippen LogP contribution in [0, 0.1) is 5.92 Å². The molecule has 2 N–H and O–H groups in total. The zero-order valence-electron chi connectivity index (χ0n) is 17.0. The van der Waals surface area contributed by atoms with E-state index in [0.29, 0.717) is 23.0 Å². The summed E-state index contributed by atoms with van der Waals surface area (Å²) in [6.07, 6.45) is 3.91. The number of thiazole rings is 1. The number of benzene rings is 1. The van der Waals surface area contributed by atoms with E-state index in [1.165, 1.54) is 11.3 Å². The predicted octanol–water partition coefficient (Wildman–Crippen LogP) is 2.92. The number of hydrogen-bond donors (Lipinski definition) is 1. The summed E-state index contributed by atoms with van der Waals surface area (Å²) in [7, 11) is -3.35. The minimum Gasteiger partial charge on any atom is -0.364 e. The Morgan fingerprint density at radius 3 is 2.65 bits per heavy atom. The van der Waals surface area contributed by atoms with Crippen LogP contribution in [0.4, 0.5) is 5.13 Å². The molecule has 1 aliphatic heterocycles. The molecule has 0 bridgehead atoms. The average molecular weight is 457 g/mol. The molecule has 1 aromatic carbocycles. The smallest absolute Gasteiger partial charge is 0.268 e. The van der Waals surface area contributed by atoms with E-state index in [1.54, 1.807) is 30.5 Å². The largest absolute Gasteiger partial charge is 0.364 e. The lowest BCUT2D eigenvalue weighted by Crippen LogP contribution is -2.38. The van der Waals surface area contributed by atoms with Crippen LogP contribution in [-0.4, -0.2) is 43.1 Å². The van der Waals surface area contributed by atoms with Crippen LogP contribution in [0.3, 0.4) is 0 Å². The Bertz CT molecular complexity index is 1150. The molecule has 2 aromatic heterocycles. The van der Waals surface area contributed by atoms with Gasteiger partial charge in [0.05, 0.1) is 10.6 Å². The SMILES string of the molecule is NC(=O)c1nc(N2CCC[C@@H](CS(=O)(=O)c3ccccc3)C2)sc1Cc1ccccn1. The third-order valence-corrected chi connectivity index (χ3v) is 8.35. The molecule has 0 saturated carbocycles. The van der Waals surface area contributed by atoms with Gasteiger partial charge in [-0.1, -0.05) is 24.3 Å². The number of hydrogen-bond acceptors (Lipinski definition) is 7. The summed E-state index contributed by atoms with van der Waals surface area (Å²) in [6, 6.07) is 14.2. The normalized spacial score (nSPS) is 16.9. The van der Waals surface area contributed by atoms with Crippen LogP contribution < -0.4 is 10.6 Å². The number of carbonyl (C=O) groups excluding carboxylic acids is 1.